The molecule has 0 amide bonds. The highest BCUT2D eigenvalue weighted by Crippen LogP contribution is 2.28. The van der Waals surface area contributed by atoms with Crippen LogP contribution in [0.4, 0.5) is 0 Å². The predicted molar refractivity (Wildman–Crippen MR) is 75.9 cm³/mol. The number of carbonyl (C=O) groups is 1. The van der Waals surface area contributed by atoms with E-state index in [4.69, 9.17) is 23.2 Å². The number of aromatic nitrogens is 2. The van der Waals surface area contributed by atoms with Crippen LogP contribution in [0.1, 0.15) is 35.3 Å². The molecule has 0 spiro atoms. The number of hydrogen-bond donors (Lipinski definition) is 0. The summed E-state index contributed by atoms with van der Waals surface area (Å²) in [7, 11) is 0. The number of rotatable bonds is 4. The number of hydrogen-bond acceptors (Lipinski definition) is 3. The fourth-order valence-corrected chi connectivity index (χ4v) is 2.40. The van der Waals surface area contributed by atoms with Crippen molar-refractivity contribution in [1.29, 1.82) is 0 Å². The summed E-state index contributed by atoms with van der Waals surface area (Å²) < 4.78 is 0. The van der Waals surface area contributed by atoms with Gasteiger partial charge in [0.2, 0.25) is 0 Å². The molecule has 0 aliphatic rings. The molecule has 0 aliphatic carbocycles. The van der Waals surface area contributed by atoms with Crippen molar-refractivity contribution in [3.05, 3.63) is 58.1 Å². The second kappa shape index (κ2) is 6.13. The molecule has 1 aromatic heterocycles. The van der Waals surface area contributed by atoms with Gasteiger partial charge in [-0.3, -0.25) is 14.8 Å². The van der Waals surface area contributed by atoms with Crippen LogP contribution in [0, 0.1) is 0 Å². The number of carbonyl (C=O) groups excluding carboxylic acids is 1. The Balaban J connectivity index is 2.36. The SMILES string of the molecule is CCC(C(=O)c1ccc(Cl)cc1Cl)c1cnccn1. The first-order valence-electron chi connectivity index (χ1n) is 5.88. The summed E-state index contributed by atoms with van der Waals surface area (Å²) in [6.45, 7) is 1.93. The average molecular weight is 295 g/mol. The van der Waals surface area contributed by atoms with E-state index in [1.54, 1.807) is 36.8 Å². The predicted octanol–water partition coefficient (Wildman–Crippen LogP) is 4.16. The molecule has 2 aromatic rings. The third-order valence-corrected chi connectivity index (χ3v) is 3.41. The zero-order chi connectivity index (χ0) is 13.8. The molecule has 5 heteroatoms. The van der Waals surface area contributed by atoms with E-state index in [0.29, 0.717) is 27.7 Å². The summed E-state index contributed by atoms with van der Waals surface area (Å²) in [6, 6.07) is 4.87. The lowest BCUT2D eigenvalue weighted by molar-refractivity contribution is 0.0955. The van der Waals surface area contributed by atoms with Gasteiger partial charge in [0.15, 0.2) is 5.78 Å². The molecule has 0 N–H and O–H groups in total. The summed E-state index contributed by atoms with van der Waals surface area (Å²) >= 11 is 11.9. The molecule has 3 nitrogen and oxygen atoms in total. The van der Waals surface area contributed by atoms with Gasteiger partial charge in [0.05, 0.1) is 16.6 Å². The standard InChI is InChI=1S/C14H12Cl2N2O/c1-2-10(13-8-17-5-6-18-13)14(19)11-4-3-9(15)7-12(11)16/h3-8,10H,2H2,1H3. The molecular weight excluding hydrogens is 283 g/mol. The van der Waals surface area contributed by atoms with E-state index in [1.165, 1.54) is 0 Å². The summed E-state index contributed by atoms with van der Waals surface area (Å²) in [5.41, 5.74) is 1.12. The second-order valence-corrected chi connectivity index (χ2v) is 4.92. The van der Waals surface area contributed by atoms with Gasteiger partial charge in [0, 0.05) is 29.2 Å². The maximum atomic E-state index is 12.5. The van der Waals surface area contributed by atoms with Crippen molar-refractivity contribution in [2.24, 2.45) is 0 Å². The molecular formula is C14H12Cl2N2O. The number of benzene rings is 1. The maximum Gasteiger partial charge on any atom is 0.173 e. The molecule has 0 fully saturated rings. The van der Waals surface area contributed by atoms with Gasteiger partial charge >= 0.3 is 0 Å². The lowest BCUT2D eigenvalue weighted by atomic mass is 9.92. The van der Waals surface area contributed by atoms with Gasteiger partial charge < -0.3 is 0 Å². The van der Waals surface area contributed by atoms with E-state index in [-0.39, 0.29) is 11.7 Å². The highest BCUT2D eigenvalue weighted by Gasteiger charge is 2.23. The van der Waals surface area contributed by atoms with Gasteiger partial charge in [0.1, 0.15) is 0 Å². The normalized spacial score (nSPS) is 12.2. The molecule has 0 saturated carbocycles. The molecule has 1 heterocycles. The van der Waals surface area contributed by atoms with Gasteiger partial charge in [-0.2, -0.15) is 0 Å². The third-order valence-electron chi connectivity index (χ3n) is 2.86. The van der Waals surface area contributed by atoms with Gasteiger partial charge in [0.25, 0.3) is 0 Å². The number of Topliss-reactive ketones (excluding diaryl/α,β-unsaturated/α-hetero) is 1. The lowest BCUT2D eigenvalue weighted by Crippen LogP contribution is -2.14. The first-order chi connectivity index (χ1) is 9.13. The molecule has 98 valence electrons. The Morgan fingerprint density at radius 2 is 2.11 bits per heavy atom. The first kappa shape index (κ1) is 14.0. The van der Waals surface area contributed by atoms with E-state index in [9.17, 15) is 4.79 Å². The molecule has 0 aliphatic heterocycles. The van der Waals surface area contributed by atoms with Crippen molar-refractivity contribution in [3.63, 3.8) is 0 Å². The van der Waals surface area contributed by atoms with E-state index < -0.39 is 0 Å². The zero-order valence-corrected chi connectivity index (χ0v) is 11.8. The Bertz CT molecular complexity index is 587. The smallest absolute Gasteiger partial charge is 0.173 e. The summed E-state index contributed by atoms with van der Waals surface area (Å²) in [5, 5.41) is 0.869. The largest absolute Gasteiger partial charge is 0.293 e. The van der Waals surface area contributed by atoms with Gasteiger partial charge in [-0.15, -0.1) is 0 Å². The van der Waals surface area contributed by atoms with Crippen molar-refractivity contribution in [3.8, 4) is 0 Å². The zero-order valence-electron chi connectivity index (χ0n) is 10.3. The molecule has 19 heavy (non-hydrogen) atoms. The summed E-state index contributed by atoms with van der Waals surface area (Å²) in [5.74, 6) is -0.406. The minimum Gasteiger partial charge on any atom is -0.293 e. The van der Waals surface area contributed by atoms with Crippen LogP contribution in [0.15, 0.2) is 36.8 Å². The van der Waals surface area contributed by atoms with Crippen LogP contribution >= 0.6 is 23.2 Å². The van der Waals surface area contributed by atoms with Crippen molar-refractivity contribution >= 4 is 29.0 Å². The molecule has 2 rings (SSSR count). The van der Waals surface area contributed by atoms with E-state index >= 15 is 0 Å². The van der Waals surface area contributed by atoms with Crippen LogP contribution in [-0.2, 0) is 0 Å². The van der Waals surface area contributed by atoms with E-state index in [2.05, 4.69) is 9.97 Å². The van der Waals surface area contributed by atoms with Gasteiger partial charge in [-0.05, 0) is 24.6 Å². The van der Waals surface area contributed by atoms with Crippen LogP contribution in [0.25, 0.3) is 0 Å². The highest BCUT2D eigenvalue weighted by atomic mass is 35.5. The Morgan fingerprint density at radius 3 is 2.68 bits per heavy atom. The Labute approximate surface area is 121 Å². The molecule has 0 radical (unpaired) electrons. The van der Waals surface area contributed by atoms with Crippen molar-refractivity contribution < 1.29 is 4.79 Å². The lowest BCUT2D eigenvalue weighted by Gasteiger charge is -2.13. The molecule has 1 atom stereocenters. The molecule has 1 aromatic carbocycles. The molecule has 0 saturated heterocycles. The van der Waals surface area contributed by atoms with E-state index in [0.717, 1.165) is 0 Å². The van der Waals surface area contributed by atoms with Crippen molar-refractivity contribution in [2.75, 3.05) is 0 Å². The first-order valence-corrected chi connectivity index (χ1v) is 6.64. The van der Waals surface area contributed by atoms with Crippen LogP contribution in [0.2, 0.25) is 10.0 Å². The average Bonchev–Trinajstić information content (AvgIpc) is 2.40. The number of ketones is 1. The third kappa shape index (κ3) is 3.11. The van der Waals surface area contributed by atoms with Crippen molar-refractivity contribution in [1.82, 2.24) is 9.97 Å². The molecule has 1 unspecified atom stereocenters. The van der Waals surface area contributed by atoms with Gasteiger partial charge in [-0.25, -0.2) is 0 Å². The van der Waals surface area contributed by atoms with Gasteiger partial charge in [-0.1, -0.05) is 30.1 Å². The molecule has 0 bridgehead atoms. The summed E-state index contributed by atoms with van der Waals surface area (Å²) in [4.78, 5) is 20.7. The van der Waals surface area contributed by atoms with E-state index in [1.807, 2.05) is 6.92 Å². The van der Waals surface area contributed by atoms with Crippen LogP contribution < -0.4 is 0 Å². The fourth-order valence-electron chi connectivity index (χ4n) is 1.90. The number of halogens is 2. The monoisotopic (exact) mass is 294 g/mol. The minimum absolute atomic E-state index is 0.0651. The van der Waals surface area contributed by atoms with Crippen LogP contribution in [0.5, 0.6) is 0 Å². The Hall–Kier alpha value is -1.45. The topological polar surface area (TPSA) is 42.9 Å². The minimum atomic E-state index is -0.340. The Kier molecular flexibility index (Phi) is 4.51. The number of nitrogens with zero attached hydrogens (tertiary/aromatic N) is 2. The van der Waals surface area contributed by atoms with Crippen molar-refractivity contribution in [2.45, 2.75) is 19.3 Å². The highest BCUT2D eigenvalue weighted by molar-refractivity contribution is 6.37. The Morgan fingerprint density at radius 1 is 1.32 bits per heavy atom. The van der Waals surface area contributed by atoms with Crippen LogP contribution in [-0.4, -0.2) is 15.8 Å². The maximum absolute atomic E-state index is 12.5. The second-order valence-electron chi connectivity index (χ2n) is 4.08. The summed E-state index contributed by atoms with van der Waals surface area (Å²) in [6.07, 6.45) is 5.40. The quantitative estimate of drug-likeness (QED) is 0.795. The van der Waals surface area contributed by atoms with Crippen LogP contribution in [0.3, 0.4) is 0 Å². The fraction of sp³-hybridized carbons (Fsp3) is 0.214.